The number of nitrogens with zero attached hydrogens (tertiary/aromatic N) is 4. The van der Waals surface area contributed by atoms with E-state index in [-0.39, 0.29) is 6.04 Å². The second kappa shape index (κ2) is 4.86. The monoisotopic (exact) mass is 279 g/mol. The Morgan fingerprint density at radius 3 is 3.00 bits per heavy atom. The van der Waals surface area contributed by atoms with Gasteiger partial charge in [0.2, 0.25) is 0 Å². The molecule has 21 heavy (non-hydrogen) atoms. The number of aromatic nitrogens is 3. The van der Waals surface area contributed by atoms with Crippen LogP contribution in [0.3, 0.4) is 0 Å². The zero-order valence-electron chi connectivity index (χ0n) is 11.7. The van der Waals surface area contributed by atoms with E-state index < -0.39 is 0 Å². The van der Waals surface area contributed by atoms with E-state index in [9.17, 15) is 0 Å². The molecule has 2 aromatic heterocycles. The average Bonchev–Trinajstić information content (AvgIpc) is 3.02. The van der Waals surface area contributed by atoms with Crippen LogP contribution in [0.4, 0.5) is 5.82 Å². The molecule has 5 nitrogen and oxygen atoms in total. The zero-order valence-corrected chi connectivity index (χ0v) is 11.7. The molecule has 1 aromatic carbocycles. The lowest BCUT2D eigenvalue weighted by Gasteiger charge is -2.37. The highest BCUT2D eigenvalue weighted by Gasteiger charge is 2.28. The third kappa shape index (κ3) is 1.89. The fourth-order valence-corrected chi connectivity index (χ4v) is 3.22. The molecule has 0 saturated carbocycles. The van der Waals surface area contributed by atoms with Crippen LogP contribution in [0.1, 0.15) is 17.2 Å². The van der Waals surface area contributed by atoms with E-state index in [2.05, 4.69) is 39.2 Å². The third-order valence-corrected chi connectivity index (χ3v) is 4.21. The minimum absolute atomic E-state index is 0.170. The zero-order chi connectivity index (χ0) is 14.2. The molecule has 2 N–H and O–H groups in total. The largest absolute Gasteiger partial charge is 0.346 e. The van der Waals surface area contributed by atoms with E-state index in [0.29, 0.717) is 6.54 Å². The van der Waals surface area contributed by atoms with Crippen molar-refractivity contribution in [1.82, 2.24) is 14.6 Å². The average molecular weight is 279 g/mol. The highest BCUT2D eigenvalue weighted by atomic mass is 15.3. The molecule has 0 aliphatic carbocycles. The highest BCUT2D eigenvalue weighted by molar-refractivity contribution is 5.69. The molecule has 0 bridgehead atoms. The van der Waals surface area contributed by atoms with Crippen molar-refractivity contribution in [3.8, 4) is 0 Å². The molecule has 0 amide bonds. The molecule has 1 aliphatic rings. The molecule has 0 fully saturated rings. The first kappa shape index (κ1) is 12.3. The number of fused-ring (bicyclic) bond motifs is 2. The van der Waals surface area contributed by atoms with Crippen LogP contribution in [0.25, 0.3) is 5.52 Å². The van der Waals surface area contributed by atoms with Gasteiger partial charge in [-0.1, -0.05) is 24.3 Å². The van der Waals surface area contributed by atoms with Gasteiger partial charge in [0, 0.05) is 25.5 Å². The third-order valence-electron chi connectivity index (χ3n) is 4.21. The molecular formula is C16H17N5. The van der Waals surface area contributed by atoms with Gasteiger partial charge >= 0.3 is 0 Å². The van der Waals surface area contributed by atoms with Crippen LogP contribution >= 0.6 is 0 Å². The predicted octanol–water partition coefficient (Wildman–Crippen LogP) is 1.79. The minimum atomic E-state index is 0.170. The van der Waals surface area contributed by atoms with Gasteiger partial charge in [-0.15, -0.1) is 0 Å². The first-order valence-electron chi connectivity index (χ1n) is 7.21. The number of hydrogen-bond acceptors (Lipinski definition) is 4. The molecular weight excluding hydrogens is 262 g/mol. The molecule has 1 aliphatic heterocycles. The van der Waals surface area contributed by atoms with Crippen molar-refractivity contribution < 1.29 is 0 Å². The van der Waals surface area contributed by atoms with Crippen LogP contribution in [0.5, 0.6) is 0 Å². The summed E-state index contributed by atoms with van der Waals surface area (Å²) in [5.41, 5.74) is 9.80. The summed E-state index contributed by atoms with van der Waals surface area (Å²) in [6.07, 6.45) is 6.48. The van der Waals surface area contributed by atoms with Gasteiger partial charge in [-0.3, -0.25) is 0 Å². The summed E-state index contributed by atoms with van der Waals surface area (Å²) in [6.45, 7) is 1.50. The van der Waals surface area contributed by atoms with Gasteiger partial charge in [-0.25, -0.2) is 9.50 Å². The van der Waals surface area contributed by atoms with E-state index in [1.165, 1.54) is 11.1 Å². The second-order valence-corrected chi connectivity index (χ2v) is 5.31. The Morgan fingerprint density at radius 1 is 1.19 bits per heavy atom. The molecule has 3 aromatic rings. The summed E-state index contributed by atoms with van der Waals surface area (Å²) in [5.74, 6) is 0.958. The Labute approximate surface area is 123 Å². The summed E-state index contributed by atoms with van der Waals surface area (Å²) in [4.78, 5) is 6.89. The van der Waals surface area contributed by atoms with Crippen LogP contribution in [0.2, 0.25) is 0 Å². The lowest BCUT2D eigenvalue weighted by Crippen LogP contribution is -2.40. The normalized spacial score (nSPS) is 18.0. The van der Waals surface area contributed by atoms with Crippen LogP contribution < -0.4 is 10.6 Å². The molecule has 1 unspecified atom stereocenters. The Bertz CT molecular complexity index is 779. The Hall–Kier alpha value is -2.40. The molecule has 0 radical (unpaired) electrons. The lowest BCUT2D eigenvalue weighted by molar-refractivity contribution is 0.584. The van der Waals surface area contributed by atoms with Gasteiger partial charge in [0.25, 0.3) is 0 Å². The van der Waals surface area contributed by atoms with Crippen LogP contribution in [-0.2, 0) is 6.42 Å². The van der Waals surface area contributed by atoms with Crippen molar-refractivity contribution in [2.45, 2.75) is 12.5 Å². The molecule has 4 rings (SSSR count). The van der Waals surface area contributed by atoms with E-state index in [0.717, 1.165) is 24.3 Å². The van der Waals surface area contributed by atoms with Crippen LogP contribution in [0, 0.1) is 0 Å². The lowest BCUT2D eigenvalue weighted by atomic mass is 9.92. The van der Waals surface area contributed by atoms with Crippen molar-refractivity contribution >= 4 is 11.3 Å². The number of rotatable bonds is 2. The van der Waals surface area contributed by atoms with Crippen molar-refractivity contribution in [3.05, 3.63) is 60.0 Å². The Kier molecular flexibility index (Phi) is 2.86. The van der Waals surface area contributed by atoms with Crippen molar-refractivity contribution in [1.29, 1.82) is 0 Å². The van der Waals surface area contributed by atoms with Crippen molar-refractivity contribution in [3.63, 3.8) is 0 Å². The maximum Gasteiger partial charge on any atom is 0.155 e. The number of hydrogen-bond donors (Lipinski definition) is 1. The van der Waals surface area contributed by atoms with Crippen LogP contribution in [0.15, 0.2) is 48.9 Å². The van der Waals surface area contributed by atoms with E-state index in [1.54, 1.807) is 12.4 Å². The molecule has 5 heteroatoms. The first-order valence-corrected chi connectivity index (χ1v) is 7.21. The van der Waals surface area contributed by atoms with Gasteiger partial charge in [0.05, 0.1) is 12.2 Å². The molecule has 0 saturated heterocycles. The first-order chi connectivity index (χ1) is 10.4. The van der Waals surface area contributed by atoms with E-state index in [4.69, 9.17) is 5.73 Å². The van der Waals surface area contributed by atoms with Gasteiger partial charge in [-0.2, -0.15) is 5.10 Å². The molecule has 3 heterocycles. The Morgan fingerprint density at radius 2 is 2.10 bits per heavy atom. The van der Waals surface area contributed by atoms with E-state index in [1.807, 2.05) is 16.8 Å². The van der Waals surface area contributed by atoms with Gasteiger partial charge < -0.3 is 10.6 Å². The Balaban J connectivity index is 1.84. The molecule has 106 valence electrons. The van der Waals surface area contributed by atoms with Gasteiger partial charge in [0.1, 0.15) is 5.52 Å². The highest BCUT2D eigenvalue weighted by Crippen LogP contribution is 2.33. The van der Waals surface area contributed by atoms with Gasteiger partial charge in [0.15, 0.2) is 5.82 Å². The standard InChI is InChI=1S/C16H17N5/c17-11-15-13-4-2-1-3-12(13)6-9-20(15)16-14-5-7-19-21(14)10-8-18-16/h1-5,7-8,10,15H,6,9,11,17H2. The van der Waals surface area contributed by atoms with Crippen molar-refractivity contribution in [2.75, 3.05) is 18.0 Å². The van der Waals surface area contributed by atoms with E-state index >= 15 is 0 Å². The number of anilines is 1. The van der Waals surface area contributed by atoms with Crippen molar-refractivity contribution in [2.24, 2.45) is 5.73 Å². The van der Waals surface area contributed by atoms with Crippen LogP contribution in [-0.4, -0.2) is 27.7 Å². The quantitative estimate of drug-likeness (QED) is 0.777. The molecule has 0 spiro atoms. The summed E-state index contributed by atoms with van der Waals surface area (Å²) in [7, 11) is 0. The maximum absolute atomic E-state index is 6.07. The summed E-state index contributed by atoms with van der Waals surface area (Å²) in [5, 5.41) is 4.29. The molecule has 1 atom stereocenters. The number of nitrogens with two attached hydrogens (primary N) is 1. The summed E-state index contributed by atoms with van der Waals surface area (Å²) < 4.78 is 1.86. The summed E-state index contributed by atoms with van der Waals surface area (Å²) >= 11 is 0. The summed E-state index contributed by atoms with van der Waals surface area (Å²) in [6, 6.07) is 10.7. The topological polar surface area (TPSA) is 59.5 Å². The van der Waals surface area contributed by atoms with Gasteiger partial charge in [-0.05, 0) is 23.6 Å². The fourth-order valence-electron chi connectivity index (χ4n) is 3.22. The minimum Gasteiger partial charge on any atom is -0.346 e. The fraction of sp³-hybridized carbons (Fsp3) is 0.250. The number of benzene rings is 1. The smallest absolute Gasteiger partial charge is 0.155 e. The SMILES string of the molecule is NCC1c2ccccc2CCN1c1nccn2nccc12. The predicted molar refractivity (Wildman–Crippen MR) is 82.3 cm³/mol. The maximum atomic E-state index is 6.07. The second-order valence-electron chi connectivity index (χ2n) is 5.31.